The van der Waals surface area contributed by atoms with Crippen molar-refractivity contribution in [2.24, 2.45) is 0 Å². The van der Waals surface area contributed by atoms with Crippen molar-refractivity contribution in [3.8, 4) is 0 Å². The molecule has 2 aliphatic rings. The van der Waals surface area contributed by atoms with Crippen LogP contribution in [0.5, 0.6) is 0 Å². The fraction of sp³-hybridized carbons (Fsp3) is 0.222. The Morgan fingerprint density at radius 2 is 1.72 bits per heavy atom. The van der Waals surface area contributed by atoms with Crippen molar-refractivity contribution in [1.29, 1.82) is 0 Å². The van der Waals surface area contributed by atoms with Gasteiger partial charge in [0, 0.05) is 60.9 Å². The molecule has 3 N–H and O–H groups in total. The largest absolute Gasteiger partial charge is 0.384 e. The van der Waals surface area contributed by atoms with Crippen molar-refractivity contribution < 1.29 is 14.5 Å². The quantitative estimate of drug-likeness (QED) is 0.248. The van der Waals surface area contributed by atoms with E-state index in [1.54, 1.807) is 6.07 Å². The summed E-state index contributed by atoms with van der Waals surface area (Å²) in [6, 6.07) is 21.8. The molecule has 0 aromatic heterocycles. The van der Waals surface area contributed by atoms with Gasteiger partial charge < -0.3 is 20.7 Å². The summed E-state index contributed by atoms with van der Waals surface area (Å²) in [6.07, 6.45) is 0. The third-order valence-electron chi connectivity index (χ3n) is 6.29. The van der Waals surface area contributed by atoms with Gasteiger partial charge >= 0.3 is 0 Å². The molecule has 2 aliphatic heterocycles. The molecule has 5 rings (SSSR count). The van der Waals surface area contributed by atoms with Gasteiger partial charge in [0.2, 0.25) is 0 Å². The summed E-state index contributed by atoms with van der Waals surface area (Å²) in [4.78, 5) is 26.3. The highest BCUT2D eigenvalue weighted by Crippen LogP contribution is 2.39. The predicted molar refractivity (Wildman–Crippen MR) is 141 cm³/mol. The number of nitrogens with zero attached hydrogens (tertiary/aromatic N) is 2. The van der Waals surface area contributed by atoms with Crippen molar-refractivity contribution in [2.75, 3.05) is 55.3 Å². The van der Waals surface area contributed by atoms with Gasteiger partial charge in [-0.1, -0.05) is 30.3 Å². The lowest BCUT2D eigenvalue weighted by molar-refractivity contribution is -0.384. The van der Waals surface area contributed by atoms with E-state index in [1.165, 1.54) is 12.1 Å². The Morgan fingerprint density at radius 3 is 2.44 bits per heavy atom. The van der Waals surface area contributed by atoms with Gasteiger partial charge in [0.1, 0.15) is 0 Å². The molecule has 2 heterocycles. The summed E-state index contributed by atoms with van der Waals surface area (Å²) in [5.74, 6) is -0.307. The topological polar surface area (TPSA) is 109 Å². The standard InChI is InChI=1S/C27H27N5O4/c33-27-25(23-18-22(32(34)35)10-11-24(23)30-27)26(19-4-2-1-3-5-19)29-21-8-6-20(7-9-21)28-12-13-31-14-16-36-17-15-31/h1-11,18,28-29H,12-17H2,(H,30,33). The minimum Gasteiger partial charge on any atom is -0.384 e. The van der Waals surface area contributed by atoms with Crippen LogP contribution in [-0.4, -0.2) is 55.1 Å². The summed E-state index contributed by atoms with van der Waals surface area (Å²) in [7, 11) is 0. The number of rotatable bonds is 8. The molecule has 184 valence electrons. The van der Waals surface area contributed by atoms with Crippen LogP contribution < -0.4 is 16.0 Å². The Balaban J connectivity index is 1.39. The van der Waals surface area contributed by atoms with Crippen LogP contribution in [0.15, 0.2) is 72.8 Å². The number of morpholine rings is 1. The molecule has 0 atom stereocenters. The van der Waals surface area contributed by atoms with Crippen molar-refractivity contribution in [3.63, 3.8) is 0 Å². The molecule has 0 bridgehead atoms. The van der Waals surface area contributed by atoms with E-state index in [2.05, 4.69) is 20.9 Å². The maximum absolute atomic E-state index is 13.0. The van der Waals surface area contributed by atoms with Crippen LogP contribution in [0.4, 0.5) is 22.7 Å². The molecule has 0 saturated carbocycles. The van der Waals surface area contributed by atoms with Gasteiger partial charge in [-0.05, 0) is 35.9 Å². The maximum atomic E-state index is 13.0. The first-order chi connectivity index (χ1) is 17.6. The van der Waals surface area contributed by atoms with Gasteiger partial charge in [0.05, 0.1) is 29.4 Å². The van der Waals surface area contributed by atoms with Crippen LogP contribution in [0.2, 0.25) is 0 Å². The third kappa shape index (κ3) is 5.22. The molecular formula is C27H27N5O4. The highest BCUT2D eigenvalue weighted by atomic mass is 16.6. The lowest BCUT2D eigenvalue weighted by Gasteiger charge is -2.26. The van der Waals surface area contributed by atoms with Gasteiger partial charge in [-0.3, -0.25) is 19.8 Å². The molecule has 9 heteroatoms. The van der Waals surface area contributed by atoms with E-state index in [4.69, 9.17) is 4.74 Å². The van der Waals surface area contributed by atoms with Crippen LogP contribution in [0.3, 0.4) is 0 Å². The number of hydrogen-bond donors (Lipinski definition) is 3. The molecule has 1 fully saturated rings. The number of nitro benzene ring substituents is 1. The second-order valence-corrected chi connectivity index (χ2v) is 8.64. The molecule has 9 nitrogen and oxygen atoms in total. The van der Waals surface area contributed by atoms with E-state index in [1.807, 2.05) is 54.6 Å². The molecule has 0 aliphatic carbocycles. The van der Waals surface area contributed by atoms with Gasteiger partial charge in [-0.25, -0.2) is 0 Å². The minimum atomic E-state index is -0.457. The number of anilines is 3. The monoisotopic (exact) mass is 485 g/mol. The first kappa shape index (κ1) is 23.5. The number of fused-ring (bicyclic) bond motifs is 1. The normalized spacial score (nSPS) is 16.7. The third-order valence-corrected chi connectivity index (χ3v) is 6.29. The number of amides is 1. The number of carbonyl (C=O) groups is 1. The van der Waals surface area contributed by atoms with Crippen molar-refractivity contribution in [2.45, 2.75) is 0 Å². The van der Waals surface area contributed by atoms with Crippen molar-refractivity contribution in [3.05, 3.63) is 94.0 Å². The molecule has 0 unspecified atom stereocenters. The molecular weight excluding hydrogens is 458 g/mol. The number of benzene rings is 3. The Labute approximate surface area is 208 Å². The van der Waals surface area contributed by atoms with Crippen LogP contribution >= 0.6 is 0 Å². The van der Waals surface area contributed by atoms with Crippen molar-refractivity contribution in [1.82, 2.24) is 4.90 Å². The second-order valence-electron chi connectivity index (χ2n) is 8.64. The summed E-state index contributed by atoms with van der Waals surface area (Å²) in [6.45, 7) is 5.28. The molecule has 1 amide bonds. The van der Waals surface area contributed by atoms with E-state index in [-0.39, 0.29) is 11.6 Å². The van der Waals surface area contributed by atoms with Gasteiger partial charge in [-0.15, -0.1) is 0 Å². The highest BCUT2D eigenvalue weighted by molar-refractivity contribution is 6.37. The van der Waals surface area contributed by atoms with E-state index in [0.717, 1.165) is 56.3 Å². The Kier molecular flexibility index (Phi) is 6.92. The summed E-state index contributed by atoms with van der Waals surface area (Å²) in [5.41, 5.74) is 4.54. The maximum Gasteiger partial charge on any atom is 0.270 e. The van der Waals surface area contributed by atoms with E-state index in [9.17, 15) is 14.9 Å². The molecule has 3 aromatic rings. The Bertz CT molecular complexity index is 1290. The zero-order valence-electron chi connectivity index (χ0n) is 19.7. The van der Waals surface area contributed by atoms with E-state index in [0.29, 0.717) is 22.5 Å². The molecule has 36 heavy (non-hydrogen) atoms. The minimum absolute atomic E-state index is 0.0670. The summed E-state index contributed by atoms with van der Waals surface area (Å²) >= 11 is 0. The van der Waals surface area contributed by atoms with Gasteiger partial charge in [0.25, 0.3) is 11.6 Å². The average Bonchev–Trinajstić information content (AvgIpc) is 3.24. The highest BCUT2D eigenvalue weighted by Gasteiger charge is 2.30. The number of carbonyl (C=O) groups excluding carboxylic acids is 1. The number of nitrogens with one attached hydrogen (secondary N) is 3. The summed E-state index contributed by atoms with van der Waals surface area (Å²) in [5, 5.41) is 21.0. The molecule has 1 saturated heterocycles. The van der Waals surface area contributed by atoms with Crippen LogP contribution in [0, 0.1) is 10.1 Å². The number of hydrogen-bond acceptors (Lipinski definition) is 7. The fourth-order valence-electron chi connectivity index (χ4n) is 4.40. The van der Waals surface area contributed by atoms with E-state index < -0.39 is 4.92 Å². The van der Waals surface area contributed by atoms with Crippen LogP contribution in [-0.2, 0) is 9.53 Å². The molecule has 0 spiro atoms. The molecule has 0 radical (unpaired) electrons. The number of nitro groups is 1. The zero-order chi connectivity index (χ0) is 24.9. The lowest BCUT2D eigenvalue weighted by Crippen LogP contribution is -2.38. The fourth-order valence-corrected chi connectivity index (χ4v) is 4.40. The lowest BCUT2D eigenvalue weighted by atomic mass is 9.99. The predicted octanol–water partition coefficient (Wildman–Crippen LogP) is 4.27. The zero-order valence-corrected chi connectivity index (χ0v) is 19.7. The van der Waals surface area contributed by atoms with Crippen molar-refractivity contribution >= 4 is 39.9 Å². The Morgan fingerprint density at radius 1 is 1.00 bits per heavy atom. The van der Waals surface area contributed by atoms with Crippen LogP contribution in [0.25, 0.3) is 11.3 Å². The average molecular weight is 486 g/mol. The van der Waals surface area contributed by atoms with Gasteiger partial charge in [0.15, 0.2) is 0 Å². The first-order valence-corrected chi connectivity index (χ1v) is 11.9. The number of ether oxygens (including phenoxy) is 1. The van der Waals surface area contributed by atoms with Gasteiger partial charge in [-0.2, -0.15) is 0 Å². The first-order valence-electron chi connectivity index (χ1n) is 11.9. The number of non-ortho nitro benzene ring substituents is 1. The molecule has 3 aromatic carbocycles. The van der Waals surface area contributed by atoms with E-state index >= 15 is 0 Å². The second kappa shape index (κ2) is 10.6. The summed E-state index contributed by atoms with van der Waals surface area (Å²) < 4.78 is 5.39. The SMILES string of the molecule is O=C1Nc2ccc([N+](=O)[O-])cc2C1=C(Nc1ccc(NCCN2CCOCC2)cc1)c1ccccc1. The Hall–Kier alpha value is -4.21. The van der Waals surface area contributed by atoms with Crippen LogP contribution in [0.1, 0.15) is 11.1 Å². The smallest absolute Gasteiger partial charge is 0.270 e.